The average molecular weight is 268 g/mol. The zero-order chi connectivity index (χ0) is 14.3. The van der Waals surface area contributed by atoms with Crippen molar-refractivity contribution in [2.45, 2.75) is 45.6 Å². The summed E-state index contributed by atoms with van der Waals surface area (Å²) >= 11 is 0. The number of carbonyl (C=O) groups is 1. The molecule has 0 bridgehead atoms. The van der Waals surface area contributed by atoms with Crippen LogP contribution in [-0.4, -0.2) is 42.9 Å². The van der Waals surface area contributed by atoms with Crippen LogP contribution in [0.15, 0.2) is 0 Å². The van der Waals surface area contributed by atoms with Gasteiger partial charge in [-0.15, -0.1) is 0 Å². The Morgan fingerprint density at radius 3 is 2.53 bits per heavy atom. The maximum Gasteiger partial charge on any atom is 0.410 e. The van der Waals surface area contributed by atoms with E-state index in [1.54, 1.807) is 4.90 Å². The van der Waals surface area contributed by atoms with Gasteiger partial charge >= 0.3 is 6.09 Å². The number of nitrogens with zero attached hydrogens (tertiary/aromatic N) is 2. The smallest absolute Gasteiger partial charge is 0.410 e. The highest BCUT2D eigenvalue weighted by Crippen LogP contribution is 2.19. The van der Waals surface area contributed by atoms with Crippen LogP contribution in [0.2, 0.25) is 0 Å². The molecule has 0 unspecified atom stereocenters. The molecule has 0 atom stereocenters. The van der Waals surface area contributed by atoms with Gasteiger partial charge in [0.15, 0.2) is 0 Å². The normalized spacial score (nSPS) is 17.1. The van der Waals surface area contributed by atoms with Crippen LogP contribution in [-0.2, 0) is 9.47 Å². The van der Waals surface area contributed by atoms with Gasteiger partial charge in [0, 0.05) is 19.7 Å². The minimum Gasteiger partial charge on any atom is -0.444 e. The van der Waals surface area contributed by atoms with Crippen molar-refractivity contribution in [2.75, 3.05) is 26.3 Å². The quantitative estimate of drug-likeness (QED) is 0.735. The lowest BCUT2D eigenvalue weighted by Gasteiger charge is -2.33. The van der Waals surface area contributed by atoms with Gasteiger partial charge in [-0.25, -0.2) is 4.79 Å². The number of hydrogen-bond donors (Lipinski definition) is 0. The van der Waals surface area contributed by atoms with E-state index in [1.165, 1.54) is 0 Å². The molecular weight excluding hydrogens is 244 g/mol. The third kappa shape index (κ3) is 6.44. The Labute approximate surface area is 115 Å². The van der Waals surface area contributed by atoms with Crippen LogP contribution in [0.5, 0.6) is 0 Å². The fourth-order valence-corrected chi connectivity index (χ4v) is 1.98. The van der Waals surface area contributed by atoms with E-state index in [-0.39, 0.29) is 6.09 Å². The molecule has 5 heteroatoms. The topological polar surface area (TPSA) is 62.6 Å². The van der Waals surface area contributed by atoms with Crippen molar-refractivity contribution in [1.82, 2.24) is 4.90 Å². The van der Waals surface area contributed by atoms with E-state index in [1.807, 2.05) is 20.8 Å². The number of nitriles is 1. The summed E-state index contributed by atoms with van der Waals surface area (Å²) in [6, 6.07) is 2.05. The molecule has 0 radical (unpaired) electrons. The highest BCUT2D eigenvalue weighted by Gasteiger charge is 2.26. The first-order valence-corrected chi connectivity index (χ1v) is 6.85. The second kappa shape index (κ2) is 7.34. The molecule has 0 aromatic heterocycles. The van der Waals surface area contributed by atoms with Crippen LogP contribution in [0.3, 0.4) is 0 Å². The van der Waals surface area contributed by atoms with Crippen molar-refractivity contribution in [1.29, 1.82) is 5.26 Å². The van der Waals surface area contributed by atoms with Crippen LogP contribution in [0.25, 0.3) is 0 Å². The van der Waals surface area contributed by atoms with Crippen molar-refractivity contribution >= 4 is 6.09 Å². The Balaban J connectivity index is 2.22. The molecule has 0 aromatic rings. The highest BCUT2D eigenvalue weighted by molar-refractivity contribution is 5.68. The summed E-state index contributed by atoms with van der Waals surface area (Å²) in [4.78, 5) is 13.6. The highest BCUT2D eigenvalue weighted by atomic mass is 16.6. The summed E-state index contributed by atoms with van der Waals surface area (Å²) in [6.45, 7) is 8.26. The van der Waals surface area contributed by atoms with Gasteiger partial charge in [0.2, 0.25) is 0 Å². The third-order valence-corrected chi connectivity index (χ3v) is 2.98. The fraction of sp³-hybridized carbons (Fsp3) is 0.857. The zero-order valence-electron chi connectivity index (χ0n) is 12.1. The maximum absolute atomic E-state index is 11.9. The Kier molecular flexibility index (Phi) is 6.10. The van der Waals surface area contributed by atoms with Gasteiger partial charge < -0.3 is 14.4 Å². The first-order valence-electron chi connectivity index (χ1n) is 6.85. The molecule has 1 aliphatic rings. The molecule has 1 amide bonds. The van der Waals surface area contributed by atoms with Crippen LogP contribution < -0.4 is 0 Å². The van der Waals surface area contributed by atoms with E-state index in [0.29, 0.717) is 25.6 Å². The first kappa shape index (κ1) is 15.8. The Hall–Kier alpha value is -1.28. The van der Waals surface area contributed by atoms with E-state index >= 15 is 0 Å². The summed E-state index contributed by atoms with van der Waals surface area (Å²) in [5.41, 5.74) is -0.436. The van der Waals surface area contributed by atoms with Gasteiger partial charge in [0.25, 0.3) is 0 Å². The van der Waals surface area contributed by atoms with Crippen molar-refractivity contribution < 1.29 is 14.3 Å². The third-order valence-electron chi connectivity index (χ3n) is 2.98. The van der Waals surface area contributed by atoms with Gasteiger partial charge in [0.1, 0.15) is 5.60 Å². The Morgan fingerprint density at radius 2 is 2.00 bits per heavy atom. The van der Waals surface area contributed by atoms with Crippen molar-refractivity contribution in [3.8, 4) is 6.07 Å². The molecule has 19 heavy (non-hydrogen) atoms. The fourth-order valence-electron chi connectivity index (χ4n) is 1.98. The molecule has 1 aliphatic heterocycles. The SMILES string of the molecule is CC(C)(C)OC(=O)N1CCC(COCCC#N)CC1. The molecule has 0 N–H and O–H groups in total. The predicted molar refractivity (Wildman–Crippen MR) is 71.6 cm³/mol. The molecule has 1 fully saturated rings. The molecule has 0 aromatic carbocycles. The van der Waals surface area contributed by atoms with Gasteiger partial charge in [0.05, 0.1) is 19.1 Å². The van der Waals surface area contributed by atoms with Crippen molar-refractivity contribution in [3.63, 3.8) is 0 Å². The predicted octanol–water partition coefficient (Wildman–Crippen LogP) is 2.56. The van der Waals surface area contributed by atoms with E-state index in [2.05, 4.69) is 6.07 Å². The second-order valence-corrected chi connectivity index (χ2v) is 5.89. The van der Waals surface area contributed by atoms with E-state index in [0.717, 1.165) is 25.9 Å². The van der Waals surface area contributed by atoms with Crippen LogP contribution in [0.4, 0.5) is 4.79 Å². The minimum absolute atomic E-state index is 0.226. The molecule has 0 spiro atoms. The standard InChI is InChI=1S/C14H24N2O3/c1-14(2,3)19-13(17)16-8-5-12(6-9-16)11-18-10-4-7-15/h12H,4-6,8-11H2,1-3H3. The molecule has 1 saturated heterocycles. The van der Waals surface area contributed by atoms with E-state index < -0.39 is 5.60 Å². The molecule has 0 saturated carbocycles. The summed E-state index contributed by atoms with van der Waals surface area (Å²) in [5.74, 6) is 0.484. The molecular formula is C14H24N2O3. The summed E-state index contributed by atoms with van der Waals surface area (Å²) in [7, 11) is 0. The molecule has 5 nitrogen and oxygen atoms in total. The second-order valence-electron chi connectivity index (χ2n) is 5.89. The molecule has 1 rings (SSSR count). The number of ether oxygens (including phenoxy) is 2. The molecule has 0 aliphatic carbocycles. The Morgan fingerprint density at radius 1 is 1.37 bits per heavy atom. The lowest BCUT2D eigenvalue weighted by atomic mass is 9.98. The van der Waals surface area contributed by atoms with Gasteiger partial charge in [-0.05, 0) is 39.5 Å². The number of carbonyl (C=O) groups excluding carboxylic acids is 1. The number of rotatable bonds is 4. The van der Waals surface area contributed by atoms with Crippen molar-refractivity contribution in [3.05, 3.63) is 0 Å². The maximum atomic E-state index is 11.9. The average Bonchev–Trinajstić information content (AvgIpc) is 2.33. The molecule has 108 valence electrons. The summed E-state index contributed by atoms with van der Waals surface area (Å²) < 4.78 is 10.8. The summed E-state index contributed by atoms with van der Waals surface area (Å²) in [6.07, 6.45) is 2.09. The summed E-state index contributed by atoms with van der Waals surface area (Å²) in [5, 5.41) is 8.40. The number of hydrogen-bond acceptors (Lipinski definition) is 4. The van der Waals surface area contributed by atoms with E-state index in [4.69, 9.17) is 14.7 Å². The Bertz CT molecular complexity index is 323. The number of likely N-dealkylation sites (tertiary alicyclic amines) is 1. The van der Waals surface area contributed by atoms with Gasteiger partial charge in [-0.1, -0.05) is 0 Å². The molecule has 1 heterocycles. The zero-order valence-corrected chi connectivity index (χ0v) is 12.1. The minimum atomic E-state index is -0.436. The lowest BCUT2D eigenvalue weighted by molar-refractivity contribution is 0.0120. The van der Waals surface area contributed by atoms with Crippen LogP contribution in [0, 0.1) is 17.2 Å². The van der Waals surface area contributed by atoms with Crippen molar-refractivity contribution in [2.24, 2.45) is 5.92 Å². The van der Waals surface area contributed by atoms with Gasteiger partial charge in [-0.2, -0.15) is 5.26 Å². The number of piperidine rings is 1. The number of amides is 1. The van der Waals surface area contributed by atoms with Crippen LogP contribution in [0.1, 0.15) is 40.0 Å². The first-order chi connectivity index (χ1) is 8.92. The van der Waals surface area contributed by atoms with E-state index in [9.17, 15) is 4.79 Å². The monoisotopic (exact) mass is 268 g/mol. The largest absolute Gasteiger partial charge is 0.444 e. The van der Waals surface area contributed by atoms with Gasteiger partial charge in [-0.3, -0.25) is 0 Å². The van der Waals surface area contributed by atoms with Crippen LogP contribution >= 0.6 is 0 Å². The lowest BCUT2D eigenvalue weighted by Crippen LogP contribution is -2.42.